The summed E-state index contributed by atoms with van der Waals surface area (Å²) in [7, 11) is -2.73. The molecule has 2 aliphatic carbocycles. The minimum absolute atomic E-state index is 0.0741. The Balaban J connectivity index is 1.18. The van der Waals surface area contributed by atoms with Gasteiger partial charge >= 0.3 is 0 Å². The maximum atomic E-state index is 14.3. The standard InChI is InChI=1S/C37H49FN6O7S/c1-23-8-4-5-9-25-20-37(25,34(47)42-52(48,49)36(22-38)12-13-36)41-32(46)30-19-27(21-44(30)31(45)17-24(2)16-23)51-33-28-11-10-26(50-3)18-29(28)39-35(40-33)43-14-6-7-15-43/h5,9-11,18,23-25,27,30H,4,6-8,12-17,19-22H2,1-3H3,(H,41,46)(H,42,47)/b9-5-/t23-,24+,25-,27+,30-,37+/m0/s1. The molecule has 2 saturated heterocycles. The topological polar surface area (TPSA) is 160 Å². The van der Waals surface area contributed by atoms with E-state index in [1.165, 1.54) is 4.90 Å². The first-order valence-electron chi connectivity index (χ1n) is 18.6. The fourth-order valence-corrected chi connectivity index (χ4v) is 9.50. The van der Waals surface area contributed by atoms with E-state index in [1.54, 1.807) is 13.2 Å². The number of aromatic nitrogens is 2. The maximum Gasteiger partial charge on any atom is 0.259 e. The predicted molar refractivity (Wildman–Crippen MR) is 192 cm³/mol. The molecular formula is C37H49FN6O7S. The number of allylic oxidation sites excluding steroid dienone is 1. The van der Waals surface area contributed by atoms with Gasteiger partial charge in [0.25, 0.3) is 5.91 Å². The van der Waals surface area contributed by atoms with Gasteiger partial charge in [-0.25, -0.2) is 17.8 Å². The minimum Gasteiger partial charge on any atom is -0.497 e. The van der Waals surface area contributed by atoms with Gasteiger partial charge in [-0.15, -0.1) is 0 Å². The molecule has 0 bridgehead atoms. The fourth-order valence-electron chi connectivity index (χ4n) is 8.07. The Bertz CT molecular complexity index is 1870. The number of nitrogens with zero attached hydrogens (tertiary/aromatic N) is 4. The van der Waals surface area contributed by atoms with Crippen LogP contribution in [0.4, 0.5) is 10.3 Å². The number of halogens is 1. The lowest BCUT2D eigenvalue weighted by molar-refractivity contribution is -0.140. The van der Waals surface area contributed by atoms with E-state index in [2.05, 4.69) is 21.9 Å². The number of nitrogens with one attached hydrogen (secondary N) is 2. The number of fused-ring (bicyclic) bond motifs is 3. The summed E-state index contributed by atoms with van der Waals surface area (Å²) in [4.78, 5) is 55.3. The van der Waals surface area contributed by atoms with Gasteiger partial charge in [-0.1, -0.05) is 26.0 Å². The number of carbonyl (C=O) groups excluding carboxylic acids is 3. The highest BCUT2D eigenvalue weighted by Gasteiger charge is 2.64. The molecule has 13 nitrogen and oxygen atoms in total. The molecule has 1 aromatic heterocycles. The van der Waals surface area contributed by atoms with Crippen molar-refractivity contribution in [1.82, 2.24) is 24.9 Å². The van der Waals surface area contributed by atoms with Crippen LogP contribution in [0, 0.1) is 17.8 Å². The van der Waals surface area contributed by atoms with Crippen molar-refractivity contribution in [2.24, 2.45) is 17.8 Å². The third-order valence-corrected chi connectivity index (χ3v) is 13.7. The minimum atomic E-state index is -4.32. The van der Waals surface area contributed by atoms with Crippen molar-refractivity contribution >= 4 is 44.6 Å². The highest BCUT2D eigenvalue weighted by atomic mass is 32.2. The Kier molecular flexibility index (Phi) is 9.85. The second-order valence-electron chi connectivity index (χ2n) is 15.6. The number of alkyl halides is 1. The summed E-state index contributed by atoms with van der Waals surface area (Å²) in [5.41, 5.74) is -0.904. The smallest absolute Gasteiger partial charge is 0.259 e. The van der Waals surface area contributed by atoms with E-state index in [0.717, 1.165) is 45.2 Å². The third kappa shape index (κ3) is 7.04. The van der Waals surface area contributed by atoms with Gasteiger partial charge in [-0.3, -0.25) is 19.1 Å². The average molecular weight is 741 g/mol. The van der Waals surface area contributed by atoms with Gasteiger partial charge in [-0.05, 0) is 75.3 Å². The van der Waals surface area contributed by atoms with Crippen LogP contribution in [-0.2, 0) is 24.4 Å². The number of hydrogen-bond donors (Lipinski definition) is 2. The molecular weight excluding hydrogens is 692 g/mol. The Labute approximate surface area is 304 Å². The van der Waals surface area contributed by atoms with E-state index in [-0.39, 0.29) is 50.5 Å². The lowest BCUT2D eigenvalue weighted by Gasteiger charge is -2.28. The second kappa shape index (κ2) is 14.1. The van der Waals surface area contributed by atoms with Gasteiger partial charge in [0.05, 0.1) is 24.6 Å². The molecule has 4 fully saturated rings. The highest BCUT2D eigenvalue weighted by Crippen LogP contribution is 2.48. The number of benzene rings is 1. The Morgan fingerprint density at radius 1 is 1.12 bits per heavy atom. The zero-order chi connectivity index (χ0) is 36.8. The predicted octanol–water partition coefficient (Wildman–Crippen LogP) is 3.81. The molecule has 4 heterocycles. The average Bonchev–Trinajstić information content (AvgIpc) is 3.92. The molecule has 282 valence electrons. The van der Waals surface area contributed by atoms with Gasteiger partial charge in [0.1, 0.15) is 34.9 Å². The highest BCUT2D eigenvalue weighted by molar-refractivity contribution is 7.91. The Morgan fingerprint density at radius 3 is 2.60 bits per heavy atom. The van der Waals surface area contributed by atoms with Crippen LogP contribution in [0.1, 0.15) is 78.1 Å². The maximum absolute atomic E-state index is 14.3. The van der Waals surface area contributed by atoms with Crippen molar-refractivity contribution in [1.29, 1.82) is 0 Å². The zero-order valence-electron chi connectivity index (χ0n) is 30.1. The van der Waals surface area contributed by atoms with Crippen molar-refractivity contribution in [2.45, 2.75) is 100 Å². The van der Waals surface area contributed by atoms with Crippen LogP contribution in [0.25, 0.3) is 10.9 Å². The molecule has 0 unspecified atom stereocenters. The number of ether oxygens (including phenoxy) is 2. The molecule has 5 aliphatic rings. The first kappa shape index (κ1) is 36.4. The largest absolute Gasteiger partial charge is 0.497 e. The Morgan fingerprint density at radius 2 is 1.88 bits per heavy atom. The molecule has 7 rings (SSSR count). The van der Waals surface area contributed by atoms with Crippen LogP contribution < -0.4 is 24.4 Å². The van der Waals surface area contributed by atoms with Crippen molar-refractivity contribution < 1.29 is 36.7 Å². The Hall–Kier alpha value is -4.01. The number of amides is 3. The molecule has 2 saturated carbocycles. The first-order valence-corrected chi connectivity index (χ1v) is 20.0. The van der Waals surface area contributed by atoms with Crippen molar-refractivity contribution in [2.75, 3.05) is 38.3 Å². The zero-order valence-corrected chi connectivity index (χ0v) is 30.9. The summed E-state index contributed by atoms with van der Waals surface area (Å²) in [6.45, 7) is 4.86. The van der Waals surface area contributed by atoms with Crippen molar-refractivity contribution in [3.63, 3.8) is 0 Å². The molecule has 2 N–H and O–H groups in total. The van der Waals surface area contributed by atoms with Crippen LogP contribution in [0.3, 0.4) is 0 Å². The molecule has 15 heteroatoms. The number of methoxy groups -OCH3 is 1. The van der Waals surface area contributed by atoms with E-state index in [9.17, 15) is 27.2 Å². The third-order valence-electron chi connectivity index (χ3n) is 11.5. The molecule has 6 atom stereocenters. The molecule has 2 aromatic rings. The number of hydrogen-bond acceptors (Lipinski definition) is 10. The number of sulfonamides is 1. The van der Waals surface area contributed by atoms with E-state index >= 15 is 0 Å². The molecule has 0 spiro atoms. The van der Waals surface area contributed by atoms with Crippen LogP contribution in [-0.4, -0.2) is 96.9 Å². The van der Waals surface area contributed by atoms with Crippen molar-refractivity contribution in [3.05, 3.63) is 30.4 Å². The summed E-state index contributed by atoms with van der Waals surface area (Å²) in [6.07, 6.45) is 8.54. The van der Waals surface area contributed by atoms with Crippen LogP contribution in [0.2, 0.25) is 0 Å². The summed E-state index contributed by atoms with van der Waals surface area (Å²) >= 11 is 0. The summed E-state index contributed by atoms with van der Waals surface area (Å²) in [5, 5.41) is 3.54. The van der Waals surface area contributed by atoms with Crippen LogP contribution >= 0.6 is 0 Å². The van der Waals surface area contributed by atoms with Gasteiger partial charge in [0.15, 0.2) is 0 Å². The molecule has 3 amide bonds. The number of rotatable bonds is 8. The van der Waals surface area contributed by atoms with Crippen LogP contribution in [0.5, 0.6) is 11.6 Å². The summed E-state index contributed by atoms with van der Waals surface area (Å²) < 4.78 is 52.5. The second-order valence-corrected chi connectivity index (χ2v) is 17.7. The fraction of sp³-hybridized carbons (Fsp3) is 0.649. The lowest BCUT2D eigenvalue weighted by atomic mass is 9.91. The lowest BCUT2D eigenvalue weighted by Crippen LogP contribution is -2.57. The molecule has 52 heavy (non-hydrogen) atoms. The SMILES string of the molecule is COc1ccc2c(O[C@@H]3C[C@H]4C(=O)N[C@]5(C(=O)NS(=O)(=O)C6(CF)CC6)C[C@@H]5/C=C\CC[C@H](C)C[C@@H](C)CC(=O)N4C3)nc(N3CCCC3)nc2c1. The van der Waals surface area contributed by atoms with Crippen LogP contribution in [0.15, 0.2) is 30.4 Å². The van der Waals surface area contributed by atoms with E-state index in [4.69, 9.17) is 19.4 Å². The van der Waals surface area contributed by atoms with E-state index in [1.807, 2.05) is 31.2 Å². The van der Waals surface area contributed by atoms with Gasteiger partial charge < -0.3 is 24.6 Å². The molecule has 0 radical (unpaired) electrons. The van der Waals surface area contributed by atoms with Gasteiger partial charge in [0, 0.05) is 37.9 Å². The summed E-state index contributed by atoms with van der Waals surface area (Å²) in [6, 6.07) is 4.48. The number of carbonyl (C=O) groups is 3. The van der Waals surface area contributed by atoms with Crippen molar-refractivity contribution in [3.8, 4) is 11.6 Å². The quantitative estimate of drug-likeness (QED) is 0.381. The van der Waals surface area contributed by atoms with E-state index < -0.39 is 56.9 Å². The first-order chi connectivity index (χ1) is 24.9. The number of anilines is 1. The van der Waals surface area contributed by atoms with Gasteiger partial charge in [0.2, 0.25) is 33.7 Å². The van der Waals surface area contributed by atoms with E-state index in [0.29, 0.717) is 34.4 Å². The molecule has 3 aliphatic heterocycles. The molecule has 1 aromatic carbocycles. The summed E-state index contributed by atoms with van der Waals surface area (Å²) in [5.74, 6) is -0.184. The monoisotopic (exact) mass is 740 g/mol. The normalized spacial score (nSPS) is 31.1. The van der Waals surface area contributed by atoms with Gasteiger partial charge in [-0.2, -0.15) is 4.98 Å².